The number of carbonyl (C=O) groups is 1. The molecule has 2 aromatic heterocycles. The second-order valence-corrected chi connectivity index (χ2v) is 4.69. The van der Waals surface area contributed by atoms with Crippen LogP contribution in [0.4, 0.5) is 5.69 Å². The van der Waals surface area contributed by atoms with Gasteiger partial charge in [-0.1, -0.05) is 18.2 Å². The van der Waals surface area contributed by atoms with Crippen LogP contribution in [0.5, 0.6) is 0 Å². The predicted octanol–water partition coefficient (Wildman–Crippen LogP) is 2.28. The number of hydrogen-bond donors (Lipinski definition) is 2. The molecule has 3 aromatic rings. The Labute approximate surface area is 121 Å². The van der Waals surface area contributed by atoms with Crippen molar-refractivity contribution in [2.75, 3.05) is 5.32 Å². The topological polar surface area (TPSA) is 80.0 Å². The molecular formula is C15H14N4O2. The van der Waals surface area contributed by atoms with Gasteiger partial charge in [-0.15, -0.1) is 0 Å². The van der Waals surface area contributed by atoms with E-state index in [4.69, 9.17) is 5.11 Å². The van der Waals surface area contributed by atoms with E-state index >= 15 is 0 Å². The number of imidazole rings is 1. The van der Waals surface area contributed by atoms with Gasteiger partial charge in [0.15, 0.2) is 5.69 Å². The molecular weight excluding hydrogens is 268 g/mol. The van der Waals surface area contributed by atoms with E-state index in [1.165, 1.54) is 0 Å². The third-order valence-corrected chi connectivity index (χ3v) is 3.29. The zero-order valence-electron chi connectivity index (χ0n) is 11.4. The van der Waals surface area contributed by atoms with Gasteiger partial charge in [-0.2, -0.15) is 0 Å². The van der Waals surface area contributed by atoms with Crippen molar-refractivity contribution in [2.45, 2.75) is 6.54 Å². The number of nitrogens with one attached hydrogen (secondary N) is 1. The molecule has 0 fully saturated rings. The first-order valence-corrected chi connectivity index (χ1v) is 6.48. The van der Waals surface area contributed by atoms with Gasteiger partial charge in [0, 0.05) is 30.5 Å². The van der Waals surface area contributed by atoms with E-state index in [-0.39, 0.29) is 5.69 Å². The summed E-state index contributed by atoms with van der Waals surface area (Å²) in [5.41, 5.74) is 1.41. The SMILES string of the molecule is Cn1ccnc1CNc1cc(C(=O)O)nc2ccccc12. The van der Waals surface area contributed by atoms with Crippen LogP contribution in [-0.2, 0) is 13.6 Å². The molecule has 6 heteroatoms. The van der Waals surface area contributed by atoms with Crippen LogP contribution < -0.4 is 5.32 Å². The van der Waals surface area contributed by atoms with Crippen LogP contribution in [-0.4, -0.2) is 25.6 Å². The Morgan fingerprint density at radius 1 is 1.38 bits per heavy atom. The van der Waals surface area contributed by atoms with Gasteiger partial charge in [0.1, 0.15) is 5.82 Å². The molecule has 0 spiro atoms. The fourth-order valence-corrected chi connectivity index (χ4v) is 2.17. The smallest absolute Gasteiger partial charge is 0.354 e. The summed E-state index contributed by atoms with van der Waals surface area (Å²) in [5.74, 6) is -0.173. The molecule has 0 amide bonds. The quantitative estimate of drug-likeness (QED) is 0.767. The molecule has 21 heavy (non-hydrogen) atoms. The maximum Gasteiger partial charge on any atom is 0.354 e. The van der Waals surface area contributed by atoms with Crippen molar-refractivity contribution in [1.29, 1.82) is 0 Å². The molecule has 0 aliphatic carbocycles. The monoisotopic (exact) mass is 282 g/mol. The summed E-state index contributed by atoms with van der Waals surface area (Å²) in [6, 6.07) is 9.00. The van der Waals surface area contributed by atoms with Crippen LogP contribution in [0.1, 0.15) is 16.3 Å². The van der Waals surface area contributed by atoms with Crippen LogP contribution >= 0.6 is 0 Å². The molecule has 0 aliphatic rings. The van der Waals surface area contributed by atoms with Crippen molar-refractivity contribution in [3.05, 3.63) is 54.2 Å². The van der Waals surface area contributed by atoms with Gasteiger partial charge in [-0.05, 0) is 12.1 Å². The van der Waals surface area contributed by atoms with Gasteiger partial charge in [-0.25, -0.2) is 14.8 Å². The Hall–Kier alpha value is -2.89. The van der Waals surface area contributed by atoms with E-state index in [9.17, 15) is 4.79 Å². The maximum absolute atomic E-state index is 11.2. The first-order valence-electron chi connectivity index (χ1n) is 6.48. The van der Waals surface area contributed by atoms with Crippen LogP contribution in [0, 0.1) is 0 Å². The average molecular weight is 282 g/mol. The zero-order chi connectivity index (χ0) is 14.8. The molecule has 6 nitrogen and oxygen atoms in total. The average Bonchev–Trinajstić information content (AvgIpc) is 2.89. The van der Waals surface area contributed by atoms with E-state index in [1.807, 2.05) is 36.0 Å². The summed E-state index contributed by atoms with van der Waals surface area (Å²) in [5, 5.41) is 13.3. The fourth-order valence-electron chi connectivity index (χ4n) is 2.17. The summed E-state index contributed by atoms with van der Waals surface area (Å²) in [6.07, 6.45) is 3.59. The predicted molar refractivity (Wildman–Crippen MR) is 79.2 cm³/mol. The normalized spacial score (nSPS) is 10.7. The lowest BCUT2D eigenvalue weighted by atomic mass is 10.1. The molecule has 0 atom stereocenters. The summed E-state index contributed by atoms with van der Waals surface area (Å²) < 4.78 is 1.91. The number of hydrogen-bond acceptors (Lipinski definition) is 4. The van der Waals surface area contributed by atoms with Gasteiger partial charge in [0.25, 0.3) is 0 Å². The second-order valence-electron chi connectivity index (χ2n) is 4.69. The number of carboxylic acids is 1. The van der Waals surface area contributed by atoms with Crippen molar-refractivity contribution in [3.63, 3.8) is 0 Å². The highest BCUT2D eigenvalue weighted by atomic mass is 16.4. The van der Waals surface area contributed by atoms with Crippen LogP contribution in [0.3, 0.4) is 0 Å². The number of pyridine rings is 1. The van der Waals surface area contributed by atoms with Gasteiger partial charge >= 0.3 is 5.97 Å². The van der Waals surface area contributed by atoms with Crippen molar-refractivity contribution >= 4 is 22.6 Å². The Balaban J connectivity index is 1.99. The summed E-state index contributed by atoms with van der Waals surface area (Å²) in [6.45, 7) is 0.510. The Morgan fingerprint density at radius 3 is 2.90 bits per heavy atom. The number of benzene rings is 1. The minimum Gasteiger partial charge on any atom is -0.477 e. The molecule has 0 radical (unpaired) electrons. The Kier molecular flexibility index (Phi) is 3.27. The highest BCUT2D eigenvalue weighted by Crippen LogP contribution is 2.23. The van der Waals surface area contributed by atoms with Crippen molar-refractivity contribution < 1.29 is 9.90 Å². The molecule has 0 unspecified atom stereocenters. The van der Waals surface area contributed by atoms with Crippen LogP contribution in [0.2, 0.25) is 0 Å². The highest BCUT2D eigenvalue weighted by Gasteiger charge is 2.11. The van der Waals surface area contributed by atoms with Crippen molar-refractivity contribution in [3.8, 4) is 0 Å². The number of rotatable bonds is 4. The van der Waals surface area contributed by atoms with Gasteiger partial charge < -0.3 is 15.0 Å². The Bertz CT molecular complexity index is 810. The molecule has 106 valence electrons. The lowest BCUT2D eigenvalue weighted by Gasteiger charge is -2.10. The van der Waals surface area contributed by atoms with Crippen LogP contribution in [0.15, 0.2) is 42.7 Å². The van der Waals surface area contributed by atoms with Gasteiger partial charge in [0.05, 0.1) is 12.1 Å². The van der Waals surface area contributed by atoms with E-state index in [0.29, 0.717) is 12.1 Å². The van der Waals surface area contributed by atoms with E-state index < -0.39 is 5.97 Å². The summed E-state index contributed by atoms with van der Waals surface area (Å²) in [4.78, 5) is 19.6. The minimum atomic E-state index is -1.04. The van der Waals surface area contributed by atoms with Crippen LogP contribution in [0.25, 0.3) is 10.9 Å². The standard InChI is InChI=1S/C15H14N4O2/c1-19-7-6-16-14(19)9-17-12-8-13(15(20)21)18-11-5-3-2-4-10(11)12/h2-8H,9H2,1H3,(H,17,18)(H,20,21). The molecule has 0 aliphatic heterocycles. The molecule has 0 saturated heterocycles. The highest BCUT2D eigenvalue weighted by molar-refractivity contribution is 5.97. The molecule has 2 heterocycles. The zero-order valence-corrected chi connectivity index (χ0v) is 11.4. The van der Waals surface area contributed by atoms with Gasteiger partial charge in [-0.3, -0.25) is 0 Å². The van der Waals surface area contributed by atoms with E-state index in [0.717, 1.165) is 16.9 Å². The molecule has 3 rings (SSSR count). The van der Waals surface area contributed by atoms with E-state index in [1.54, 1.807) is 18.3 Å². The number of para-hydroxylation sites is 1. The fraction of sp³-hybridized carbons (Fsp3) is 0.133. The first kappa shape index (κ1) is 13.1. The third kappa shape index (κ3) is 2.55. The summed E-state index contributed by atoms with van der Waals surface area (Å²) in [7, 11) is 1.91. The molecule has 0 bridgehead atoms. The number of aryl methyl sites for hydroxylation is 1. The largest absolute Gasteiger partial charge is 0.477 e. The Morgan fingerprint density at radius 2 is 2.19 bits per heavy atom. The number of aromatic nitrogens is 3. The van der Waals surface area contributed by atoms with E-state index in [2.05, 4.69) is 15.3 Å². The second kappa shape index (κ2) is 5.24. The third-order valence-electron chi connectivity index (χ3n) is 3.29. The maximum atomic E-state index is 11.2. The number of anilines is 1. The van der Waals surface area contributed by atoms with Gasteiger partial charge in [0.2, 0.25) is 0 Å². The molecule has 1 aromatic carbocycles. The lowest BCUT2D eigenvalue weighted by Crippen LogP contribution is -2.08. The lowest BCUT2D eigenvalue weighted by molar-refractivity contribution is 0.0691. The number of carboxylic acid groups (broad SMARTS) is 1. The first-order chi connectivity index (χ1) is 10.1. The summed E-state index contributed by atoms with van der Waals surface area (Å²) >= 11 is 0. The minimum absolute atomic E-state index is 0.0241. The number of aromatic carboxylic acids is 1. The molecule has 0 saturated carbocycles. The molecule has 2 N–H and O–H groups in total. The van der Waals surface area contributed by atoms with Crippen molar-refractivity contribution in [2.24, 2.45) is 7.05 Å². The number of fused-ring (bicyclic) bond motifs is 1. The van der Waals surface area contributed by atoms with Crippen molar-refractivity contribution in [1.82, 2.24) is 14.5 Å². The number of nitrogens with zero attached hydrogens (tertiary/aromatic N) is 3.